The molecule has 0 fully saturated rings. The maximum absolute atomic E-state index is 12.7. The smallest absolute Gasteiger partial charge is 0.259 e. The van der Waals surface area contributed by atoms with Gasteiger partial charge in [-0.2, -0.15) is 5.10 Å². The highest BCUT2D eigenvalue weighted by Gasteiger charge is 2.02. The van der Waals surface area contributed by atoms with Crippen LogP contribution in [0.25, 0.3) is 0 Å². The molecule has 0 saturated carbocycles. The van der Waals surface area contributed by atoms with Crippen molar-refractivity contribution in [3.63, 3.8) is 0 Å². The molecule has 22 heavy (non-hydrogen) atoms. The summed E-state index contributed by atoms with van der Waals surface area (Å²) in [5.41, 5.74) is 3.96. The van der Waals surface area contributed by atoms with Gasteiger partial charge < -0.3 is 9.73 Å². The lowest BCUT2D eigenvalue weighted by Gasteiger charge is -2.05. The number of rotatable bonds is 7. The van der Waals surface area contributed by atoms with E-state index < -0.39 is 0 Å². The second-order valence-electron chi connectivity index (χ2n) is 4.82. The van der Waals surface area contributed by atoms with Crippen molar-refractivity contribution in [2.75, 3.05) is 11.9 Å². The van der Waals surface area contributed by atoms with Gasteiger partial charge in [0.05, 0.1) is 12.8 Å². The van der Waals surface area contributed by atoms with Gasteiger partial charge in [0, 0.05) is 17.8 Å². The minimum Gasteiger partial charge on any atom is -0.469 e. The van der Waals surface area contributed by atoms with Crippen molar-refractivity contribution in [2.45, 2.75) is 19.8 Å². The highest BCUT2D eigenvalue weighted by atomic mass is 19.1. The number of hydrazone groups is 1. The molecule has 0 aliphatic heterocycles. The van der Waals surface area contributed by atoms with Gasteiger partial charge in [-0.15, -0.1) is 0 Å². The quantitative estimate of drug-likeness (QED) is 0.610. The summed E-state index contributed by atoms with van der Waals surface area (Å²) in [5.74, 6) is 0.312. The summed E-state index contributed by atoms with van der Waals surface area (Å²) in [5, 5.41) is 6.91. The van der Waals surface area contributed by atoms with Crippen LogP contribution in [0, 0.1) is 5.82 Å². The first-order valence-corrected chi connectivity index (χ1v) is 6.97. The van der Waals surface area contributed by atoms with E-state index in [2.05, 4.69) is 15.8 Å². The molecule has 1 aromatic carbocycles. The lowest BCUT2D eigenvalue weighted by Crippen LogP contribution is -2.26. The molecule has 0 bridgehead atoms. The Labute approximate surface area is 128 Å². The first kappa shape index (κ1) is 15.8. The van der Waals surface area contributed by atoms with E-state index in [9.17, 15) is 9.18 Å². The van der Waals surface area contributed by atoms with Crippen molar-refractivity contribution in [1.82, 2.24) is 5.43 Å². The first-order valence-electron chi connectivity index (χ1n) is 6.97. The average molecular weight is 303 g/mol. The molecule has 0 unspecified atom stereocenters. The summed E-state index contributed by atoms with van der Waals surface area (Å²) < 4.78 is 18.0. The van der Waals surface area contributed by atoms with Crippen molar-refractivity contribution in [1.29, 1.82) is 0 Å². The SMILES string of the molecule is C/C(CCc1ccco1)=N/NC(=O)CNc1ccc(F)cc1. The zero-order valence-electron chi connectivity index (χ0n) is 12.3. The summed E-state index contributed by atoms with van der Waals surface area (Å²) >= 11 is 0. The number of aryl methyl sites for hydroxylation is 1. The van der Waals surface area contributed by atoms with Crippen LogP contribution in [0.1, 0.15) is 19.1 Å². The predicted octanol–water partition coefficient (Wildman–Crippen LogP) is 2.96. The normalized spacial score (nSPS) is 11.3. The first-order chi connectivity index (χ1) is 10.6. The second kappa shape index (κ2) is 7.97. The number of benzene rings is 1. The lowest BCUT2D eigenvalue weighted by atomic mass is 10.2. The molecule has 116 valence electrons. The monoisotopic (exact) mass is 303 g/mol. The lowest BCUT2D eigenvalue weighted by molar-refractivity contribution is -0.119. The zero-order valence-corrected chi connectivity index (χ0v) is 12.3. The zero-order chi connectivity index (χ0) is 15.8. The Morgan fingerprint density at radius 3 is 2.73 bits per heavy atom. The number of hydrogen-bond donors (Lipinski definition) is 2. The molecule has 5 nitrogen and oxygen atoms in total. The van der Waals surface area contributed by atoms with E-state index in [1.54, 1.807) is 18.4 Å². The molecule has 1 heterocycles. The van der Waals surface area contributed by atoms with Gasteiger partial charge in [0.25, 0.3) is 5.91 Å². The van der Waals surface area contributed by atoms with E-state index >= 15 is 0 Å². The van der Waals surface area contributed by atoms with Crippen LogP contribution < -0.4 is 10.7 Å². The molecular formula is C16H18FN3O2. The molecule has 0 aliphatic rings. The molecule has 0 aliphatic carbocycles. The molecule has 1 aromatic heterocycles. The van der Waals surface area contributed by atoms with Gasteiger partial charge in [-0.1, -0.05) is 0 Å². The van der Waals surface area contributed by atoms with Crippen LogP contribution >= 0.6 is 0 Å². The minimum atomic E-state index is -0.313. The molecule has 2 aromatic rings. The number of nitrogens with one attached hydrogen (secondary N) is 2. The molecule has 0 saturated heterocycles. The molecule has 0 spiro atoms. The Kier molecular flexibility index (Phi) is 5.71. The van der Waals surface area contributed by atoms with Crippen molar-refractivity contribution in [3.05, 3.63) is 54.2 Å². The Morgan fingerprint density at radius 1 is 1.27 bits per heavy atom. The second-order valence-corrected chi connectivity index (χ2v) is 4.82. The van der Waals surface area contributed by atoms with E-state index in [-0.39, 0.29) is 18.3 Å². The van der Waals surface area contributed by atoms with Crippen LogP contribution in [0.3, 0.4) is 0 Å². The van der Waals surface area contributed by atoms with E-state index in [4.69, 9.17) is 4.42 Å². The number of halogens is 1. The molecule has 1 amide bonds. The van der Waals surface area contributed by atoms with Gasteiger partial charge >= 0.3 is 0 Å². The third kappa shape index (κ3) is 5.40. The fourth-order valence-electron chi connectivity index (χ4n) is 1.76. The number of anilines is 1. The van der Waals surface area contributed by atoms with Crippen molar-refractivity contribution < 1.29 is 13.6 Å². The van der Waals surface area contributed by atoms with Crippen molar-refractivity contribution >= 4 is 17.3 Å². The minimum absolute atomic E-state index is 0.0700. The molecule has 0 atom stereocenters. The number of carbonyl (C=O) groups excluding carboxylic acids is 1. The number of amides is 1. The fourth-order valence-corrected chi connectivity index (χ4v) is 1.76. The number of nitrogens with zero attached hydrogens (tertiary/aromatic N) is 1. The van der Waals surface area contributed by atoms with Crippen LogP contribution in [0.2, 0.25) is 0 Å². The number of furan rings is 1. The van der Waals surface area contributed by atoms with Crippen LogP contribution in [-0.4, -0.2) is 18.2 Å². The van der Waals surface area contributed by atoms with Crippen LogP contribution in [0.5, 0.6) is 0 Å². The Bertz CT molecular complexity index is 621. The van der Waals surface area contributed by atoms with Gasteiger partial charge in [0.1, 0.15) is 11.6 Å². The van der Waals surface area contributed by atoms with Gasteiger partial charge in [-0.3, -0.25) is 4.79 Å². The molecule has 6 heteroatoms. The number of carbonyl (C=O) groups is 1. The molecular weight excluding hydrogens is 285 g/mol. The average Bonchev–Trinajstić information content (AvgIpc) is 3.04. The third-order valence-corrected chi connectivity index (χ3v) is 2.98. The van der Waals surface area contributed by atoms with Crippen LogP contribution in [0.4, 0.5) is 10.1 Å². The maximum atomic E-state index is 12.7. The fraction of sp³-hybridized carbons (Fsp3) is 0.250. The standard InChI is InChI=1S/C16H18FN3O2/c1-12(4-9-15-3-2-10-22-15)19-20-16(21)11-18-14-7-5-13(17)6-8-14/h2-3,5-8,10,18H,4,9,11H2,1H3,(H,20,21)/b19-12-. The van der Waals surface area contributed by atoms with Gasteiger partial charge in [0.2, 0.25) is 0 Å². The highest BCUT2D eigenvalue weighted by Crippen LogP contribution is 2.07. The summed E-state index contributed by atoms with van der Waals surface area (Å²) in [6, 6.07) is 9.54. The van der Waals surface area contributed by atoms with Gasteiger partial charge in [-0.25, -0.2) is 9.82 Å². The Hall–Kier alpha value is -2.63. The highest BCUT2D eigenvalue weighted by molar-refractivity contribution is 5.85. The third-order valence-electron chi connectivity index (χ3n) is 2.98. The number of hydrogen-bond acceptors (Lipinski definition) is 4. The van der Waals surface area contributed by atoms with E-state index in [1.165, 1.54) is 12.1 Å². The predicted molar refractivity (Wildman–Crippen MR) is 83.2 cm³/mol. The molecule has 2 rings (SSSR count). The van der Waals surface area contributed by atoms with Crippen molar-refractivity contribution in [2.24, 2.45) is 5.10 Å². The molecule has 0 radical (unpaired) electrons. The summed E-state index contributed by atoms with van der Waals surface area (Å²) in [7, 11) is 0. The Morgan fingerprint density at radius 2 is 2.05 bits per heavy atom. The topological polar surface area (TPSA) is 66.6 Å². The van der Waals surface area contributed by atoms with Crippen LogP contribution in [0.15, 0.2) is 52.2 Å². The Balaban J connectivity index is 1.69. The van der Waals surface area contributed by atoms with Gasteiger partial charge in [0.15, 0.2) is 0 Å². The van der Waals surface area contributed by atoms with Gasteiger partial charge in [-0.05, 0) is 49.7 Å². The van der Waals surface area contributed by atoms with Crippen molar-refractivity contribution in [3.8, 4) is 0 Å². The van der Waals surface area contributed by atoms with E-state index in [1.807, 2.05) is 19.1 Å². The van der Waals surface area contributed by atoms with E-state index in [0.717, 1.165) is 17.9 Å². The summed E-state index contributed by atoms with van der Waals surface area (Å²) in [4.78, 5) is 11.6. The summed E-state index contributed by atoms with van der Waals surface area (Å²) in [6.45, 7) is 1.91. The van der Waals surface area contributed by atoms with E-state index in [0.29, 0.717) is 12.1 Å². The molecule has 2 N–H and O–H groups in total. The largest absolute Gasteiger partial charge is 0.469 e. The summed E-state index contributed by atoms with van der Waals surface area (Å²) in [6.07, 6.45) is 3.08. The maximum Gasteiger partial charge on any atom is 0.259 e. The van der Waals surface area contributed by atoms with Crippen LogP contribution in [-0.2, 0) is 11.2 Å².